The Morgan fingerprint density at radius 2 is 1.90 bits per heavy atom. The summed E-state index contributed by atoms with van der Waals surface area (Å²) in [5.74, 6) is -0.299. The van der Waals surface area contributed by atoms with Crippen LogP contribution in [0.3, 0.4) is 0 Å². The molecule has 3 aromatic rings. The van der Waals surface area contributed by atoms with Crippen molar-refractivity contribution in [1.82, 2.24) is 15.1 Å². The lowest BCUT2D eigenvalue weighted by Gasteiger charge is -2.10. The van der Waals surface area contributed by atoms with Crippen LogP contribution in [0.25, 0.3) is 0 Å². The van der Waals surface area contributed by atoms with E-state index in [-0.39, 0.29) is 24.1 Å². The Morgan fingerprint density at radius 1 is 1.14 bits per heavy atom. The molecule has 0 atom stereocenters. The largest absolute Gasteiger partial charge is 0.487 e. The number of aryl methyl sites for hydroxylation is 1. The zero-order chi connectivity index (χ0) is 21.0. The number of hydrogen-bond donors (Lipinski definition) is 2. The normalized spacial score (nSPS) is 10.5. The van der Waals surface area contributed by atoms with E-state index >= 15 is 0 Å². The maximum absolute atomic E-state index is 12.7. The van der Waals surface area contributed by atoms with Gasteiger partial charge < -0.3 is 15.4 Å². The number of halogens is 2. The number of anilines is 1. The Hall–Kier alpha value is -3.03. The van der Waals surface area contributed by atoms with E-state index in [1.807, 2.05) is 6.07 Å². The van der Waals surface area contributed by atoms with Crippen LogP contribution in [-0.2, 0) is 13.7 Å². The van der Waals surface area contributed by atoms with E-state index in [0.29, 0.717) is 27.0 Å². The van der Waals surface area contributed by atoms with E-state index in [9.17, 15) is 9.59 Å². The fourth-order valence-corrected chi connectivity index (χ4v) is 2.97. The Balaban J connectivity index is 1.73. The SMILES string of the molecule is CNC(=O)c1nn(C)cc1NC(=O)c1cccc(COc2cccc(Cl)c2Cl)c1. The van der Waals surface area contributed by atoms with Gasteiger partial charge in [0.2, 0.25) is 0 Å². The number of rotatable bonds is 6. The van der Waals surface area contributed by atoms with Gasteiger partial charge in [-0.1, -0.05) is 41.4 Å². The van der Waals surface area contributed by atoms with Crippen LogP contribution in [-0.4, -0.2) is 28.6 Å². The minimum Gasteiger partial charge on any atom is -0.487 e. The van der Waals surface area contributed by atoms with Crippen molar-refractivity contribution < 1.29 is 14.3 Å². The quantitative estimate of drug-likeness (QED) is 0.617. The van der Waals surface area contributed by atoms with E-state index in [1.54, 1.807) is 49.6 Å². The minimum atomic E-state index is -0.388. The van der Waals surface area contributed by atoms with E-state index in [0.717, 1.165) is 5.56 Å². The molecule has 0 saturated carbocycles. The summed E-state index contributed by atoms with van der Waals surface area (Å²) in [6, 6.07) is 12.1. The molecular weight excluding hydrogens is 415 g/mol. The Morgan fingerprint density at radius 3 is 2.66 bits per heavy atom. The van der Waals surface area contributed by atoms with Crippen LogP contribution in [0.4, 0.5) is 5.69 Å². The van der Waals surface area contributed by atoms with Crippen LogP contribution in [0.15, 0.2) is 48.7 Å². The molecule has 7 nitrogen and oxygen atoms in total. The fraction of sp³-hybridized carbons (Fsp3) is 0.150. The molecule has 0 aliphatic heterocycles. The summed E-state index contributed by atoms with van der Waals surface area (Å²) in [5.41, 5.74) is 1.64. The molecule has 2 aromatic carbocycles. The van der Waals surface area contributed by atoms with Crippen molar-refractivity contribution in [2.24, 2.45) is 7.05 Å². The molecule has 1 aromatic heterocycles. The highest BCUT2D eigenvalue weighted by Gasteiger charge is 2.17. The van der Waals surface area contributed by atoms with E-state index in [4.69, 9.17) is 27.9 Å². The zero-order valence-corrected chi connectivity index (χ0v) is 17.2. The number of ether oxygens (including phenoxy) is 1. The lowest BCUT2D eigenvalue weighted by atomic mass is 10.1. The van der Waals surface area contributed by atoms with Gasteiger partial charge in [-0.05, 0) is 29.8 Å². The van der Waals surface area contributed by atoms with Gasteiger partial charge in [-0.15, -0.1) is 0 Å². The molecule has 2 amide bonds. The maximum atomic E-state index is 12.7. The van der Waals surface area contributed by atoms with Gasteiger partial charge >= 0.3 is 0 Å². The molecule has 150 valence electrons. The summed E-state index contributed by atoms with van der Waals surface area (Å²) in [6.07, 6.45) is 1.57. The molecule has 0 bridgehead atoms. The van der Waals surface area contributed by atoms with Gasteiger partial charge in [0, 0.05) is 25.9 Å². The van der Waals surface area contributed by atoms with E-state index < -0.39 is 0 Å². The molecule has 1 heterocycles. The number of carbonyl (C=O) groups excluding carboxylic acids is 2. The summed E-state index contributed by atoms with van der Waals surface area (Å²) in [4.78, 5) is 24.6. The van der Waals surface area contributed by atoms with Crippen molar-refractivity contribution in [1.29, 1.82) is 0 Å². The lowest BCUT2D eigenvalue weighted by molar-refractivity contribution is 0.0958. The zero-order valence-electron chi connectivity index (χ0n) is 15.7. The molecule has 9 heteroatoms. The van der Waals surface area contributed by atoms with Crippen molar-refractivity contribution in [3.8, 4) is 5.75 Å². The lowest BCUT2D eigenvalue weighted by Crippen LogP contribution is -2.21. The van der Waals surface area contributed by atoms with Crippen LogP contribution < -0.4 is 15.4 Å². The van der Waals surface area contributed by atoms with Crippen LogP contribution >= 0.6 is 23.2 Å². The third-order valence-corrected chi connectivity index (χ3v) is 4.82. The third-order valence-electron chi connectivity index (χ3n) is 4.02. The molecule has 0 unspecified atom stereocenters. The average molecular weight is 433 g/mol. The molecule has 0 saturated heterocycles. The molecule has 2 N–H and O–H groups in total. The number of nitrogens with zero attached hydrogens (tertiary/aromatic N) is 2. The van der Waals surface area contributed by atoms with Gasteiger partial charge in [0.15, 0.2) is 5.69 Å². The first-order valence-corrected chi connectivity index (χ1v) is 9.37. The fourth-order valence-electron chi connectivity index (χ4n) is 2.62. The van der Waals surface area contributed by atoms with Gasteiger partial charge in [-0.25, -0.2) is 0 Å². The van der Waals surface area contributed by atoms with Crippen molar-refractivity contribution in [3.63, 3.8) is 0 Å². The van der Waals surface area contributed by atoms with Gasteiger partial charge in [0.05, 0.1) is 10.7 Å². The topological polar surface area (TPSA) is 85.3 Å². The highest BCUT2D eigenvalue weighted by molar-refractivity contribution is 6.42. The van der Waals surface area contributed by atoms with Gasteiger partial charge in [0.1, 0.15) is 17.4 Å². The first-order valence-electron chi connectivity index (χ1n) is 8.62. The monoisotopic (exact) mass is 432 g/mol. The predicted octanol–water partition coefficient (Wildman–Crippen LogP) is 3.92. The molecule has 0 aliphatic carbocycles. The molecule has 0 fully saturated rings. The number of benzene rings is 2. The van der Waals surface area contributed by atoms with Crippen LogP contribution in [0.5, 0.6) is 5.75 Å². The number of nitrogens with one attached hydrogen (secondary N) is 2. The summed E-state index contributed by atoms with van der Waals surface area (Å²) in [5, 5.41) is 10.0. The van der Waals surface area contributed by atoms with Crippen molar-refractivity contribution in [3.05, 3.63) is 75.5 Å². The molecule has 3 rings (SSSR count). The second kappa shape index (κ2) is 8.98. The number of aromatic nitrogens is 2. The van der Waals surface area contributed by atoms with E-state index in [1.165, 1.54) is 11.7 Å². The molecular formula is C20H18Cl2N4O3. The first-order chi connectivity index (χ1) is 13.9. The summed E-state index contributed by atoms with van der Waals surface area (Å²) >= 11 is 12.1. The molecule has 0 radical (unpaired) electrons. The minimum absolute atomic E-state index is 0.137. The smallest absolute Gasteiger partial charge is 0.273 e. The van der Waals surface area contributed by atoms with Gasteiger partial charge in [-0.3, -0.25) is 14.3 Å². The molecule has 29 heavy (non-hydrogen) atoms. The number of carbonyl (C=O) groups is 2. The highest BCUT2D eigenvalue weighted by Crippen LogP contribution is 2.32. The Kier molecular flexibility index (Phi) is 6.41. The van der Waals surface area contributed by atoms with E-state index in [2.05, 4.69) is 15.7 Å². The summed E-state index contributed by atoms with van der Waals surface area (Å²) in [7, 11) is 3.17. The molecule has 0 spiro atoms. The molecule has 0 aliphatic rings. The third kappa shape index (κ3) is 4.88. The standard InChI is InChI=1S/C20H18Cl2N4O3/c1-23-20(28)18-15(10-26(2)25-18)24-19(27)13-6-3-5-12(9-13)11-29-16-8-4-7-14(21)17(16)22/h3-10H,11H2,1-2H3,(H,23,28)(H,24,27). The Labute approximate surface area is 177 Å². The van der Waals surface area contributed by atoms with Crippen molar-refractivity contribution in [2.75, 3.05) is 12.4 Å². The van der Waals surface area contributed by atoms with Crippen molar-refractivity contribution in [2.45, 2.75) is 6.61 Å². The summed E-state index contributed by atoms with van der Waals surface area (Å²) < 4.78 is 7.17. The maximum Gasteiger partial charge on any atom is 0.273 e. The van der Waals surface area contributed by atoms with Crippen LogP contribution in [0.2, 0.25) is 10.0 Å². The number of hydrogen-bond acceptors (Lipinski definition) is 4. The van der Waals surface area contributed by atoms with Crippen molar-refractivity contribution >= 4 is 40.7 Å². The number of amides is 2. The second-order valence-electron chi connectivity index (χ2n) is 6.14. The summed E-state index contributed by atoms with van der Waals surface area (Å²) in [6.45, 7) is 0.206. The first kappa shape index (κ1) is 20.7. The second-order valence-corrected chi connectivity index (χ2v) is 6.92. The Bertz CT molecular complexity index is 1070. The van der Waals surface area contributed by atoms with Gasteiger partial charge in [0.25, 0.3) is 11.8 Å². The van der Waals surface area contributed by atoms with Crippen LogP contribution in [0, 0.1) is 0 Å². The average Bonchev–Trinajstić information content (AvgIpc) is 3.08. The predicted molar refractivity (Wildman–Crippen MR) is 112 cm³/mol. The van der Waals surface area contributed by atoms with Crippen LogP contribution in [0.1, 0.15) is 26.4 Å². The highest BCUT2D eigenvalue weighted by atomic mass is 35.5. The van der Waals surface area contributed by atoms with Gasteiger partial charge in [-0.2, -0.15) is 5.10 Å².